The minimum absolute atomic E-state index is 0.149. The Morgan fingerprint density at radius 2 is 1.71 bits per heavy atom. The monoisotopic (exact) mass is 309 g/mol. The molecule has 0 saturated heterocycles. The third-order valence-corrected chi connectivity index (χ3v) is 3.75. The van der Waals surface area contributed by atoms with Crippen LogP contribution in [0.25, 0.3) is 11.1 Å². The highest BCUT2D eigenvalue weighted by atomic mass is 35.5. The second-order valence-corrected chi connectivity index (χ2v) is 5.45. The van der Waals surface area contributed by atoms with Crippen molar-refractivity contribution in [3.63, 3.8) is 0 Å². The van der Waals surface area contributed by atoms with Gasteiger partial charge in [0, 0.05) is 11.1 Å². The molecular formula is C17H18ClF2N. The van der Waals surface area contributed by atoms with Crippen molar-refractivity contribution in [2.45, 2.75) is 26.3 Å². The first-order valence-electron chi connectivity index (χ1n) is 7.01. The highest BCUT2D eigenvalue weighted by Crippen LogP contribution is 2.29. The average Bonchev–Trinajstić information content (AvgIpc) is 2.47. The zero-order valence-corrected chi connectivity index (χ0v) is 12.8. The second kappa shape index (κ2) is 7.01. The van der Waals surface area contributed by atoms with Gasteiger partial charge in [0.1, 0.15) is 0 Å². The summed E-state index contributed by atoms with van der Waals surface area (Å²) in [5, 5.41) is 3.99. The molecule has 0 heterocycles. The predicted molar refractivity (Wildman–Crippen MR) is 83.5 cm³/mol. The van der Waals surface area contributed by atoms with E-state index in [0.717, 1.165) is 30.2 Å². The van der Waals surface area contributed by atoms with Crippen LogP contribution in [0.1, 0.15) is 31.9 Å². The average molecular weight is 310 g/mol. The molecule has 1 N–H and O–H groups in total. The predicted octanol–water partition coefficient (Wildman–Crippen LogP) is 5.35. The summed E-state index contributed by atoms with van der Waals surface area (Å²) in [6.45, 7) is 5.07. The molecule has 0 amide bonds. The molecule has 1 atom stereocenters. The quantitative estimate of drug-likeness (QED) is 0.785. The Labute approximate surface area is 128 Å². The zero-order chi connectivity index (χ0) is 15.4. The second-order valence-electron chi connectivity index (χ2n) is 5.04. The van der Waals surface area contributed by atoms with Crippen LogP contribution in [0.5, 0.6) is 0 Å². The van der Waals surface area contributed by atoms with Gasteiger partial charge < -0.3 is 5.32 Å². The topological polar surface area (TPSA) is 12.0 Å². The molecule has 0 aliphatic rings. The van der Waals surface area contributed by atoms with Crippen LogP contribution in [0.15, 0.2) is 36.4 Å². The first-order chi connectivity index (χ1) is 10.0. The Bertz CT molecular complexity index is 628. The molecular weight excluding hydrogens is 292 g/mol. The number of rotatable bonds is 5. The highest BCUT2D eigenvalue weighted by molar-refractivity contribution is 6.31. The van der Waals surface area contributed by atoms with Crippen molar-refractivity contribution in [3.05, 3.63) is 58.6 Å². The lowest BCUT2D eigenvalue weighted by Gasteiger charge is -2.16. The summed E-state index contributed by atoms with van der Waals surface area (Å²) >= 11 is 6.32. The van der Waals surface area contributed by atoms with E-state index < -0.39 is 11.6 Å². The van der Waals surface area contributed by atoms with E-state index in [4.69, 9.17) is 11.6 Å². The molecule has 2 aromatic rings. The normalized spacial score (nSPS) is 12.4. The van der Waals surface area contributed by atoms with Gasteiger partial charge in [-0.1, -0.05) is 36.7 Å². The largest absolute Gasteiger partial charge is 0.310 e. The molecule has 0 aromatic heterocycles. The van der Waals surface area contributed by atoms with Crippen LogP contribution in [0.4, 0.5) is 8.78 Å². The number of hydrogen-bond donors (Lipinski definition) is 1. The maximum absolute atomic E-state index is 13.3. The first-order valence-corrected chi connectivity index (χ1v) is 7.39. The van der Waals surface area contributed by atoms with Crippen LogP contribution in [-0.2, 0) is 0 Å². The summed E-state index contributed by atoms with van der Waals surface area (Å²) in [4.78, 5) is 0. The van der Waals surface area contributed by atoms with Gasteiger partial charge in [-0.3, -0.25) is 0 Å². The molecule has 21 heavy (non-hydrogen) atoms. The molecule has 1 nitrogen and oxygen atoms in total. The van der Waals surface area contributed by atoms with Crippen LogP contribution in [0.3, 0.4) is 0 Å². The van der Waals surface area contributed by atoms with Crippen molar-refractivity contribution in [1.82, 2.24) is 5.32 Å². The minimum atomic E-state index is -0.856. The minimum Gasteiger partial charge on any atom is -0.310 e. The maximum atomic E-state index is 13.3. The van der Waals surface area contributed by atoms with Crippen LogP contribution in [-0.4, -0.2) is 6.54 Å². The molecule has 2 rings (SSSR count). The van der Waals surface area contributed by atoms with E-state index in [-0.39, 0.29) is 6.04 Å². The van der Waals surface area contributed by atoms with Crippen LogP contribution in [0, 0.1) is 11.6 Å². The fraction of sp³-hybridized carbons (Fsp3) is 0.294. The smallest absolute Gasteiger partial charge is 0.159 e. The molecule has 0 aliphatic carbocycles. The molecule has 0 radical (unpaired) electrons. The fourth-order valence-corrected chi connectivity index (χ4v) is 2.55. The molecule has 0 aliphatic heterocycles. The number of halogens is 3. The van der Waals surface area contributed by atoms with E-state index in [1.165, 1.54) is 6.07 Å². The van der Waals surface area contributed by atoms with Gasteiger partial charge in [0.2, 0.25) is 0 Å². The van der Waals surface area contributed by atoms with E-state index in [1.54, 1.807) is 12.1 Å². The van der Waals surface area contributed by atoms with Gasteiger partial charge in [-0.05, 0) is 54.8 Å². The molecule has 0 bridgehead atoms. The third-order valence-electron chi connectivity index (χ3n) is 3.42. The van der Waals surface area contributed by atoms with Crippen molar-refractivity contribution < 1.29 is 8.78 Å². The standard InChI is InChI=1S/C17H18ClF2N/c1-3-8-21-11(2)14-6-4-12(9-15(14)18)13-5-7-16(19)17(20)10-13/h4-7,9-11,21H,3,8H2,1-2H3. The Hall–Kier alpha value is -1.45. The van der Waals surface area contributed by atoms with Crippen LogP contribution in [0.2, 0.25) is 5.02 Å². The van der Waals surface area contributed by atoms with Gasteiger partial charge in [0.15, 0.2) is 11.6 Å². The Balaban J connectivity index is 2.27. The van der Waals surface area contributed by atoms with Gasteiger partial charge in [0.25, 0.3) is 0 Å². The maximum Gasteiger partial charge on any atom is 0.159 e. The van der Waals surface area contributed by atoms with E-state index in [0.29, 0.717) is 10.6 Å². The molecule has 0 fully saturated rings. The summed E-state index contributed by atoms with van der Waals surface area (Å²) in [5.74, 6) is -1.70. The summed E-state index contributed by atoms with van der Waals surface area (Å²) in [6.07, 6.45) is 1.05. The van der Waals surface area contributed by atoms with E-state index >= 15 is 0 Å². The zero-order valence-electron chi connectivity index (χ0n) is 12.1. The van der Waals surface area contributed by atoms with Crippen molar-refractivity contribution in [2.75, 3.05) is 6.54 Å². The lowest BCUT2D eigenvalue weighted by atomic mass is 10.0. The molecule has 2 aromatic carbocycles. The molecule has 4 heteroatoms. The summed E-state index contributed by atoms with van der Waals surface area (Å²) < 4.78 is 26.3. The fourth-order valence-electron chi connectivity index (χ4n) is 2.20. The third kappa shape index (κ3) is 3.80. The lowest BCUT2D eigenvalue weighted by molar-refractivity contribution is 0.509. The van der Waals surface area contributed by atoms with Gasteiger partial charge in [-0.15, -0.1) is 0 Å². The number of nitrogens with one attached hydrogen (secondary N) is 1. The van der Waals surface area contributed by atoms with E-state index in [9.17, 15) is 8.78 Å². The summed E-state index contributed by atoms with van der Waals surface area (Å²) in [5.41, 5.74) is 2.37. The van der Waals surface area contributed by atoms with Gasteiger partial charge in [0.05, 0.1) is 0 Å². The first kappa shape index (κ1) is 15.9. The number of hydrogen-bond acceptors (Lipinski definition) is 1. The molecule has 0 saturated carbocycles. The molecule has 1 unspecified atom stereocenters. The van der Waals surface area contributed by atoms with Gasteiger partial charge in [-0.25, -0.2) is 8.78 Å². The summed E-state index contributed by atoms with van der Waals surface area (Å²) in [7, 11) is 0. The highest BCUT2D eigenvalue weighted by Gasteiger charge is 2.11. The van der Waals surface area contributed by atoms with Crippen LogP contribution >= 0.6 is 11.6 Å². The Kier molecular flexibility index (Phi) is 5.32. The number of benzene rings is 2. The molecule has 0 spiro atoms. The van der Waals surface area contributed by atoms with Crippen molar-refractivity contribution in [3.8, 4) is 11.1 Å². The molecule has 112 valence electrons. The van der Waals surface area contributed by atoms with Gasteiger partial charge in [-0.2, -0.15) is 0 Å². The van der Waals surface area contributed by atoms with Crippen molar-refractivity contribution >= 4 is 11.6 Å². The van der Waals surface area contributed by atoms with Crippen molar-refractivity contribution in [1.29, 1.82) is 0 Å². The van der Waals surface area contributed by atoms with E-state index in [2.05, 4.69) is 12.2 Å². The van der Waals surface area contributed by atoms with Crippen LogP contribution < -0.4 is 5.32 Å². The summed E-state index contributed by atoms with van der Waals surface area (Å²) in [6, 6.07) is 9.58. The van der Waals surface area contributed by atoms with Crippen molar-refractivity contribution in [2.24, 2.45) is 0 Å². The lowest BCUT2D eigenvalue weighted by Crippen LogP contribution is -2.19. The Morgan fingerprint density at radius 3 is 2.33 bits per heavy atom. The van der Waals surface area contributed by atoms with E-state index in [1.807, 2.05) is 19.1 Å². The van der Waals surface area contributed by atoms with Gasteiger partial charge >= 0.3 is 0 Å². The SMILES string of the molecule is CCCNC(C)c1ccc(-c2ccc(F)c(F)c2)cc1Cl. The Morgan fingerprint density at radius 1 is 1.05 bits per heavy atom.